The zero-order chi connectivity index (χ0) is 27.4. The van der Waals surface area contributed by atoms with Crippen molar-refractivity contribution >= 4 is 21.1 Å². The zero-order valence-corrected chi connectivity index (χ0v) is 23.5. The molecule has 0 saturated carbocycles. The Balaban J connectivity index is 1.78. The van der Waals surface area contributed by atoms with Crippen molar-refractivity contribution in [2.45, 2.75) is 58.1 Å². The summed E-state index contributed by atoms with van der Waals surface area (Å²) in [6, 6.07) is 1.49. The molecule has 0 amide bonds. The van der Waals surface area contributed by atoms with Crippen molar-refractivity contribution in [3.05, 3.63) is 28.3 Å². The molecule has 1 atom stereocenters. The minimum Gasteiger partial charge on any atom is -0.477 e. The van der Waals surface area contributed by atoms with Crippen molar-refractivity contribution in [2.24, 2.45) is 0 Å². The van der Waals surface area contributed by atoms with Gasteiger partial charge in [-0.3, -0.25) is 9.48 Å². The van der Waals surface area contributed by atoms with Crippen LogP contribution in [0.5, 0.6) is 5.88 Å². The fourth-order valence-electron chi connectivity index (χ4n) is 4.58. The van der Waals surface area contributed by atoms with Crippen molar-refractivity contribution in [2.75, 3.05) is 46.4 Å². The highest BCUT2D eigenvalue weighted by atomic mass is 32.2. The maximum Gasteiger partial charge on any atom is 0.279 e. The van der Waals surface area contributed by atoms with Crippen molar-refractivity contribution in [1.29, 1.82) is 0 Å². The molecule has 1 aliphatic rings. The van der Waals surface area contributed by atoms with Gasteiger partial charge >= 0.3 is 0 Å². The standard InChI is InChI=1S/C25H37N7O5S/c1-6-20-21-22(29-32(20)10-9-17(4)36-5)24(33)28-23(27-21)19-15-18(16-26-25(19)37-8-3)38(34,35)31-13-11-30(7-2)12-14-31/h15-17H,6-14H2,1-5H3,(H,27,28,33). The average molecular weight is 548 g/mol. The lowest BCUT2D eigenvalue weighted by atomic mass is 10.2. The first-order chi connectivity index (χ1) is 18.2. The van der Waals surface area contributed by atoms with E-state index < -0.39 is 15.6 Å². The predicted molar refractivity (Wildman–Crippen MR) is 144 cm³/mol. The number of H-pyrrole nitrogens is 1. The monoisotopic (exact) mass is 547 g/mol. The van der Waals surface area contributed by atoms with Gasteiger partial charge in [0.25, 0.3) is 5.56 Å². The smallest absolute Gasteiger partial charge is 0.279 e. The van der Waals surface area contributed by atoms with E-state index in [1.807, 2.05) is 20.8 Å². The van der Waals surface area contributed by atoms with Crippen LogP contribution in [-0.4, -0.2) is 94.9 Å². The Morgan fingerprint density at radius 2 is 1.87 bits per heavy atom. The summed E-state index contributed by atoms with van der Waals surface area (Å²) < 4.78 is 41.3. The number of ether oxygens (including phenoxy) is 2. The Labute approximate surface area is 223 Å². The summed E-state index contributed by atoms with van der Waals surface area (Å²) in [6.45, 7) is 11.7. The lowest BCUT2D eigenvalue weighted by Gasteiger charge is -2.33. The molecule has 3 aromatic rings. The number of hydrogen-bond acceptors (Lipinski definition) is 9. The molecule has 1 aliphatic heterocycles. The van der Waals surface area contributed by atoms with Crippen LogP contribution in [0.3, 0.4) is 0 Å². The van der Waals surface area contributed by atoms with Gasteiger partial charge < -0.3 is 19.4 Å². The Hall–Kier alpha value is -2.87. The van der Waals surface area contributed by atoms with Gasteiger partial charge in [-0.1, -0.05) is 13.8 Å². The first-order valence-electron chi connectivity index (χ1n) is 13.1. The van der Waals surface area contributed by atoms with Crippen molar-refractivity contribution in [3.8, 4) is 17.3 Å². The highest BCUT2D eigenvalue weighted by Gasteiger charge is 2.30. The van der Waals surface area contributed by atoms with E-state index in [9.17, 15) is 13.2 Å². The quantitative estimate of drug-likeness (QED) is 0.382. The van der Waals surface area contributed by atoms with Gasteiger partial charge in [-0.05, 0) is 39.3 Å². The number of piperazine rings is 1. The van der Waals surface area contributed by atoms with Crippen molar-refractivity contribution in [1.82, 2.24) is 33.9 Å². The molecule has 208 valence electrons. The van der Waals surface area contributed by atoms with Crippen LogP contribution < -0.4 is 10.3 Å². The summed E-state index contributed by atoms with van der Waals surface area (Å²) in [5.41, 5.74) is 1.42. The molecule has 0 radical (unpaired) electrons. The van der Waals surface area contributed by atoms with Crippen LogP contribution in [0.1, 0.15) is 39.8 Å². The van der Waals surface area contributed by atoms with Crippen LogP contribution in [0.15, 0.2) is 22.0 Å². The normalized spacial score (nSPS) is 16.2. The summed E-state index contributed by atoms with van der Waals surface area (Å²) in [7, 11) is -2.14. The Morgan fingerprint density at radius 3 is 2.50 bits per heavy atom. The van der Waals surface area contributed by atoms with Gasteiger partial charge in [0.1, 0.15) is 16.2 Å². The third-order valence-electron chi connectivity index (χ3n) is 6.96. The number of nitrogens with zero attached hydrogens (tertiary/aromatic N) is 6. The van der Waals surface area contributed by atoms with Gasteiger partial charge in [-0.25, -0.2) is 18.4 Å². The molecule has 13 heteroatoms. The fourth-order valence-corrected chi connectivity index (χ4v) is 5.97. The number of aromatic amines is 1. The van der Waals surface area contributed by atoms with Crippen molar-refractivity contribution in [3.63, 3.8) is 0 Å². The Morgan fingerprint density at radius 1 is 1.13 bits per heavy atom. The molecule has 0 aromatic carbocycles. The second-order valence-corrected chi connectivity index (χ2v) is 11.2. The van der Waals surface area contributed by atoms with Crippen LogP contribution in [-0.2, 0) is 27.7 Å². The number of pyridine rings is 1. The lowest BCUT2D eigenvalue weighted by molar-refractivity contribution is 0.105. The summed E-state index contributed by atoms with van der Waals surface area (Å²) in [5, 5.41) is 4.52. The molecule has 1 fully saturated rings. The summed E-state index contributed by atoms with van der Waals surface area (Å²) >= 11 is 0. The number of sulfonamides is 1. The zero-order valence-electron chi connectivity index (χ0n) is 22.7. The molecule has 3 aromatic heterocycles. The predicted octanol–water partition coefficient (Wildman–Crippen LogP) is 1.89. The van der Waals surface area contributed by atoms with Crippen LogP contribution in [0.25, 0.3) is 22.4 Å². The Kier molecular flexibility index (Phi) is 8.81. The van der Waals surface area contributed by atoms with Gasteiger partial charge in [-0.15, -0.1) is 0 Å². The van der Waals surface area contributed by atoms with E-state index in [4.69, 9.17) is 14.5 Å². The third-order valence-corrected chi connectivity index (χ3v) is 8.83. The number of aryl methyl sites for hydroxylation is 2. The number of rotatable bonds is 11. The van der Waals surface area contributed by atoms with Gasteiger partial charge in [-0.2, -0.15) is 9.40 Å². The molecule has 0 bridgehead atoms. The molecule has 12 nitrogen and oxygen atoms in total. The first-order valence-corrected chi connectivity index (χ1v) is 14.6. The highest BCUT2D eigenvalue weighted by Crippen LogP contribution is 2.30. The highest BCUT2D eigenvalue weighted by molar-refractivity contribution is 7.89. The van der Waals surface area contributed by atoms with E-state index >= 15 is 0 Å². The van der Waals surface area contributed by atoms with Gasteiger partial charge in [0.15, 0.2) is 5.52 Å². The number of nitrogens with one attached hydrogen (secondary N) is 1. The minimum atomic E-state index is -3.79. The second kappa shape index (κ2) is 11.9. The van der Waals surface area contributed by atoms with Crippen LogP contribution in [0.4, 0.5) is 0 Å². The molecule has 4 heterocycles. The van der Waals surface area contributed by atoms with Gasteiger partial charge in [0, 0.05) is 39.8 Å². The number of likely N-dealkylation sites (N-methyl/N-ethyl adjacent to an activating group) is 1. The molecular formula is C25H37N7O5S. The molecular weight excluding hydrogens is 510 g/mol. The molecule has 1 N–H and O–H groups in total. The number of methoxy groups -OCH3 is 1. The third kappa shape index (κ3) is 5.60. The van der Waals surface area contributed by atoms with Crippen LogP contribution in [0, 0.1) is 0 Å². The molecule has 1 unspecified atom stereocenters. The second-order valence-electron chi connectivity index (χ2n) is 9.27. The van der Waals surface area contributed by atoms with Gasteiger partial charge in [0.2, 0.25) is 15.9 Å². The average Bonchev–Trinajstić information content (AvgIpc) is 3.30. The number of fused-ring (bicyclic) bond motifs is 1. The van der Waals surface area contributed by atoms with E-state index in [1.165, 1.54) is 16.6 Å². The van der Waals surface area contributed by atoms with E-state index in [-0.39, 0.29) is 28.2 Å². The molecule has 4 rings (SSSR count). The van der Waals surface area contributed by atoms with Gasteiger partial charge in [0.05, 0.1) is 30.2 Å². The summed E-state index contributed by atoms with van der Waals surface area (Å²) in [4.78, 5) is 27.2. The van der Waals surface area contributed by atoms with Crippen LogP contribution >= 0.6 is 0 Å². The van der Waals surface area contributed by atoms with E-state index in [1.54, 1.807) is 11.8 Å². The number of aromatic nitrogens is 5. The summed E-state index contributed by atoms with van der Waals surface area (Å²) in [6.07, 6.45) is 2.69. The van der Waals surface area contributed by atoms with E-state index in [2.05, 4.69) is 26.9 Å². The SMILES string of the molecule is CCOc1ncc(S(=O)(=O)N2CCN(CC)CC2)cc1-c1nc2c(CC)n(CCC(C)OC)nc2c(=O)[nH]1. The maximum absolute atomic E-state index is 13.5. The first kappa shape index (κ1) is 28.1. The van der Waals surface area contributed by atoms with E-state index in [0.717, 1.165) is 18.7 Å². The molecule has 0 aliphatic carbocycles. The largest absolute Gasteiger partial charge is 0.477 e. The van der Waals surface area contributed by atoms with Crippen molar-refractivity contribution < 1.29 is 17.9 Å². The number of hydrogen-bond donors (Lipinski definition) is 1. The minimum absolute atomic E-state index is 0.0311. The van der Waals surface area contributed by atoms with E-state index in [0.29, 0.717) is 56.8 Å². The summed E-state index contributed by atoms with van der Waals surface area (Å²) in [5.74, 6) is 0.384. The Bertz CT molecular complexity index is 1430. The lowest BCUT2D eigenvalue weighted by Crippen LogP contribution is -2.48. The fraction of sp³-hybridized carbons (Fsp3) is 0.600. The molecule has 38 heavy (non-hydrogen) atoms. The molecule has 1 saturated heterocycles. The maximum atomic E-state index is 13.5. The van der Waals surface area contributed by atoms with Crippen LogP contribution in [0.2, 0.25) is 0 Å². The molecule has 0 spiro atoms. The topological polar surface area (TPSA) is 136 Å².